The van der Waals surface area contributed by atoms with E-state index in [2.05, 4.69) is 17.0 Å². The summed E-state index contributed by atoms with van der Waals surface area (Å²) in [6.45, 7) is 4.22. The Balaban J connectivity index is 1.58. The summed E-state index contributed by atoms with van der Waals surface area (Å²) < 4.78 is 3.43. The number of thiophene rings is 1. The SMILES string of the molecule is O=c1c2c3c(sc2n(CCN2CCCC2)c(=O)n1CCc1ccccc1)CCCCC3. The van der Waals surface area contributed by atoms with Crippen molar-refractivity contribution in [3.8, 4) is 0 Å². The Morgan fingerprint density at radius 2 is 1.58 bits per heavy atom. The fourth-order valence-electron chi connectivity index (χ4n) is 5.12. The van der Waals surface area contributed by atoms with Crippen LogP contribution in [0.5, 0.6) is 0 Å². The normalized spacial score (nSPS) is 17.2. The van der Waals surface area contributed by atoms with E-state index in [4.69, 9.17) is 0 Å². The minimum absolute atomic E-state index is 0.0762. The van der Waals surface area contributed by atoms with E-state index in [1.54, 1.807) is 11.3 Å². The Labute approximate surface area is 186 Å². The predicted molar refractivity (Wildman–Crippen MR) is 127 cm³/mol. The summed E-state index contributed by atoms with van der Waals surface area (Å²) in [6, 6.07) is 10.1. The zero-order valence-electron chi connectivity index (χ0n) is 18.1. The van der Waals surface area contributed by atoms with Gasteiger partial charge in [0.05, 0.1) is 5.39 Å². The molecule has 1 aliphatic heterocycles. The molecule has 3 aromatic rings. The molecule has 1 saturated heterocycles. The summed E-state index contributed by atoms with van der Waals surface area (Å²) in [7, 11) is 0. The third-order valence-corrected chi connectivity index (χ3v) is 8.19. The Morgan fingerprint density at radius 3 is 2.39 bits per heavy atom. The number of nitrogens with zero attached hydrogens (tertiary/aromatic N) is 3. The van der Waals surface area contributed by atoms with Crippen LogP contribution >= 0.6 is 11.3 Å². The highest BCUT2D eigenvalue weighted by atomic mass is 32.1. The first-order valence-electron chi connectivity index (χ1n) is 11.8. The Morgan fingerprint density at radius 1 is 0.806 bits per heavy atom. The van der Waals surface area contributed by atoms with Crippen molar-refractivity contribution in [3.63, 3.8) is 0 Å². The molecule has 5 rings (SSSR count). The van der Waals surface area contributed by atoms with E-state index < -0.39 is 0 Å². The number of hydrogen-bond donors (Lipinski definition) is 0. The van der Waals surface area contributed by atoms with Crippen LogP contribution in [0, 0.1) is 0 Å². The van der Waals surface area contributed by atoms with Gasteiger partial charge in [0, 0.05) is 24.5 Å². The third kappa shape index (κ3) is 4.15. The van der Waals surface area contributed by atoms with Crippen LogP contribution in [0.2, 0.25) is 0 Å². The molecule has 1 aromatic carbocycles. The van der Waals surface area contributed by atoms with Crippen LogP contribution in [0.1, 0.15) is 48.1 Å². The maximum Gasteiger partial charge on any atom is 0.332 e. The van der Waals surface area contributed by atoms with E-state index >= 15 is 0 Å². The molecule has 1 fully saturated rings. The van der Waals surface area contributed by atoms with Crippen molar-refractivity contribution in [3.05, 3.63) is 67.2 Å². The predicted octanol–water partition coefficient (Wildman–Crippen LogP) is 3.83. The van der Waals surface area contributed by atoms with E-state index in [-0.39, 0.29) is 11.2 Å². The smallest absolute Gasteiger partial charge is 0.302 e. The van der Waals surface area contributed by atoms with Gasteiger partial charge in [-0.25, -0.2) is 4.79 Å². The van der Waals surface area contributed by atoms with Crippen molar-refractivity contribution < 1.29 is 0 Å². The molecule has 0 atom stereocenters. The summed E-state index contributed by atoms with van der Waals surface area (Å²) >= 11 is 1.70. The van der Waals surface area contributed by atoms with Gasteiger partial charge in [0.25, 0.3) is 5.56 Å². The highest BCUT2D eigenvalue weighted by Gasteiger charge is 2.23. The quantitative estimate of drug-likeness (QED) is 0.551. The zero-order valence-corrected chi connectivity index (χ0v) is 19.0. The lowest BCUT2D eigenvalue weighted by atomic mass is 10.1. The van der Waals surface area contributed by atoms with Gasteiger partial charge in [-0.15, -0.1) is 11.3 Å². The molecule has 0 saturated carbocycles. The van der Waals surface area contributed by atoms with Crippen molar-refractivity contribution >= 4 is 21.6 Å². The van der Waals surface area contributed by atoms with Gasteiger partial charge in [-0.3, -0.25) is 13.9 Å². The monoisotopic (exact) mass is 437 g/mol. The van der Waals surface area contributed by atoms with Crippen LogP contribution in [0.3, 0.4) is 0 Å². The highest BCUT2D eigenvalue weighted by Crippen LogP contribution is 2.33. The number of hydrogen-bond acceptors (Lipinski definition) is 4. The fourth-order valence-corrected chi connectivity index (χ4v) is 6.52. The number of rotatable bonds is 6. The molecule has 0 bridgehead atoms. The first kappa shape index (κ1) is 20.7. The first-order chi connectivity index (χ1) is 15.2. The maximum absolute atomic E-state index is 13.6. The van der Waals surface area contributed by atoms with Crippen LogP contribution < -0.4 is 11.2 Å². The van der Waals surface area contributed by atoms with Gasteiger partial charge in [-0.2, -0.15) is 0 Å². The van der Waals surface area contributed by atoms with Crippen LogP contribution in [-0.2, 0) is 32.4 Å². The van der Waals surface area contributed by atoms with Crippen molar-refractivity contribution in [1.82, 2.24) is 14.0 Å². The largest absolute Gasteiger partial charge is 0.332 e. The number of fused-ring (bicyclic) bond motifs is 3. The number of aromatic nitrogens is 2. The average molecular weight is 438 g/mol. The second-order valence-corrected chi connectivity index (χ2v) is 10.0. The molecule has 1 aliphatic carbocycles. The lowest BCUT2D eigenvalue weighted by Gasteiger charge is -2.17. The highest BCUT2D eigenvalue weighted by molar-refractivity contribution is 7.18. The van der Waals surface area contributed by atoms with Crippen molar-refractivity contribution in [2.24, 2.45) is 0 Å². The van der Waals surface area contributed by atoms with Crippen LogP contribution in [0.25, 0.3) is 10.2 Å². The van der Waals surface area contributed by atoms with E-state index in [0.29, 0.717) is 19.5 Å². The van der Waals surface area contributed by atoms with Crippen LogP contribution in [0.15, 0.2) is 39.9 Å². The van der Waals surface area contributed by atoms with Crippen molar-refractivity contribution in [2.75, 3.05) is 19.6 Å². The molecule has 0 N–H and O–H groups in total. The van der Waals surface area contributed by atoms with Gasteiger partial charge in [0.2, 0.25) is 0 Å². The van der Waals surface area contributed by atoms with Gasteiger partial charge in [-0.1, -0.05) is 36.8 Å². The van der Waals surface area contributed by atoms with Crippen LogP contribution in [0.4, 0.5) is 0 Å². The van der Waals surface area contributed by atoms with Gasteiger partial charge in [0.1, 0.15) is 4.83 Å². The zero-order chi connectivity index (χ0) is 21.2. The van der Waals surface area contributed by atoms with Crippen molar-refractivity contribution in [2.45, 2.75) is 64.5 Å². The summed E-state index contributed by atoms with van der Waals surface area (Å²) in [6.07, 6.45) is 8.73. The van der Waals surface area contributed by atoms with E-state index in [1.165, 1.54) is 40.7 Å². The summed E-state index contributed by atoms with van der Waals surface area (Å²) in [5.74, 6) is 0. The van der Waals surface area contributed by atoms with E-state index in [1.807, 2.05) is 22.8 Å². The van der Waals surface area contributed by atoms with E-state index in [0.717, 1.165) is 54.7 Å². The Bertz CT molecular complexity index is 1170. The second kappa shape index (κ2) is 9.13. The first-order valence-corrected chi connectivity index (χ1v) is 12.6. The topological polar surface area (TPSA) is 47.2 Å². The molecule has 164 valence electrons. The Kier molecular flexibility index (Phi) is 6.10. The lowest BCUT2D eigenvalue weighted by molar-refractivity contribution is 0.320. The maximum atomic E-state index is 13.6. The summed E-state index contributed by atoms with van der Waals surface area (Å²) in [4.78, 5) is 31.8. The van der Waals surface area contributed by atoms with Gasteiger partial charge in [-0.05, 0) is 69.2 Å². The minimum atomic E-state index is -0.135. The molecule has 5 nitrogen and oxygen atoms in total. The molecular weight excluding hydrogens is 406 g/mol. The summed E-state index contributed by atoms with van der Waals surface area (Å²) in [5.41, 5.74) is 2.17. The molecule has 0 spiro atoms. The standard InChI is InChI=1S/C25H31N3O2S/c29-23-22-20-11-5-2-6-12-21(20)31-24(22)28(18-17-26-14-7-8-15-26)25(30)27(23)16-13-19-9-3-1-4-10-19/h1,3-4,9-10H,2,5-8,11-18H2. The second-order valence-electron chi connectivity index (χ2n) is 8.92. The third-order valence-electron chi connectivity index (χ3n) is 6.87. The molecule has 2 aliphatic rings. The minimum Gasteiger partial charge on any atom is -0.302 e. The molecule has 6 heteroatoms. The number of likely N-dealkylation sites (tertiary alicyclic amines) is 1. The number of aryl methyl sites for hydroxylation is 3. The Hall–Kier alpha value is -2.18. The molecule has 0 radical (unpaired) electrons. The van der Waals surface area contributed by atoms with Crippen molar-refractivity contribution in [1.29, 1.82) is 0 Å². The molecule has 3 heterocycles. The van der Waals surface area contributed by atoms with Gasteiger partial charge in [0.15, 0.2) is 0 Å². The fraction of sp³-hybridized carbons (Fsp3) is 0.520. The van der Waals surface area contributed by atoms with Crippen LogP contribution in [-0.4, -0.2) is 33.7 Å². The van der Waals surface area contributed by atoms with Gasteiger partial charge < -0.3 is 4.90 Å². The average Bonchev–Trinajstić information content (AvgIpc) is 3.37. The molecule has 31 heavy (non-hydrogen) atoms. The molecule has 0 unspecified atom stereocenters. The number of benzene rings is 1. The lowest BCUT2D eigenvalue weighted by Crippen LogP contribution is -2.41. The summed E-state index contributed by atoms with van der Waals surface area (Å²) in [5, 5.41) is 0.830. The molecule has 0 amide bonds. The van der Waals surface area contributed by atoms with Gasteiger partial charge >= 0.3 is 5.69 Å². The van der Waals surface area contributed by atoms with E-state index in [9.17, 15) is 9.59 Å². The molecule has 2 aromatic heterocycles. The molecular formula is C25H31N3O2S.